The summed E-state index contributed by atoms with van der Waals surface area (Å²) in [5.41, 5.74) is 6.42. The van der Waals surface area contributed by atoms with Crippen molar-refractivity contribution in [1.82, 2.24) is 24.6 Å². The number of nitrogens with zero attached hydrogens (tertiary/aromatic N) is 5. The number of hydrogen-bond acceptors (Lipinski definition) is 4. The van der Waals surface area contributed by atoms with Crippen molar-refractivity contribution in [2.45, 2.75) is 72.0 Å². The first-order chi connectivity index (χ1) is 16.7. The normalized spacial score (nSPS) is 13.9. The average Bonchev–Trinajstić information content (AvgIpc) is 3.62. The Hall–Kier alpha value is -3.54. The number of aryl methyl sites for hydroxylation is 2. The molecule has 0 unspecified atom stereocenters. The standard InChI is InChI=1S/C29H33N5O/c1-19-9-6-7-11-23(19)18-33(17-21-10-8-14-30-16-21)28(35)24-15-25(22-12-13-22)31-27-26(24)20(2)32-34(27)29(3,4)5/h6-11,14-16,22H,12-13,17-18H2,1-5H3. The Bertz CT molecular complexity index is 1380. The predicted octanol–water partition coefficient (Wildman–Crippen LogP) is 5.92. The lowest BCUT2D eigenvalue weighted by Crippen LogP contribution is -2.31. The fraction of sp³-hybridized carbons (Fsp3) is 0.379. The van der Waals surface area contributed by atoms with E-state index in [2.05, 4.69) is 44.8 Å². The van der Waals surface area contributed by atoms with E-state index in [1.54, 1.807) is 6.20 Å². The quantitative estimate of drug-likeness (QED) is 0.353. The van der Waals surface area contributed by atoms with Crippen molar-refractivity contribution in [3.63, 3.8) is 0 Å². The molecule has 0 atom stereocenters. The third-order valence-electron chi connectivity index (χ3n) is 6.70. The molecule has 0 spiro atoms. The summed E-state index contributed by atoms with van der Waals surface area (Å²) in [4.78, 5) is 25.6. The van der Waals surface area contributed by atoms with Crippen LogP contribution in [-0.4, -0.2) is 30.6 Å². The summed E-state index contributed by atoms with van der Waals surface area (Å²) in [6.45, 7) is 11.4. The molecule has 6 nitrogen and oxygen atoms in total. The zero-order valence-electron chi connectivity index (χ0n) is 21.2. The van der Waals surface area contributed by atoms with E-state index in [1.165, 1.54) is 5.56 Å². The molecule has 4 aromatic rings. The van der Waals surface area contributed by atoms with Gasteiger partial charge in [0, 0.05) is 37.1 Å². The van der Waals surface area contributed by atoms with Gasteiger partial charge >= 0.3 is 0 Å². The number of carbonyl (C=O) groups is 1. The molecule has 1 aromatic carbocycles. The first-order valence-electron chi connectivity index (χ1n) is 12.4. The predicted molar refractivity (Wildman–Crippen MR) is 138 cm³/mol. The van der Waals surface area contributed by atoms with E-state index in [4.69, 9.17) is 10.1 Å². The molecule has 0 bridgehead atoms. The average molecular weight is 468 g/mol. The van der Waals surface area contributed by atoms with Gasteiger partial charge in [-0.2, -0.15) is 5.10 Å². The van der Waals surface area contributed by atoms with Crippen LogP contribution in [0.1, 0.15) is 78.0 Å². The Balaban J connectivity index is 1.64. The lowest BCUT2D eigenvalue weighted by molar-refractivity contribution is 0.0731. The zero-order chi connectivity index (χ0) is 24.7. The van der Waals surface area contributed by atoms with Crippen molar-refractivity contribution < 1.29 is 4.79 Å². The summed E-state index contributed by atoms with van der Waals surface area (Å²) < 4.78 is 1.98. The molecule has 0 saturated heterocycles. The lowest BCUT2D eigenvalue weighted by atomic mass is 10.0. The molecule has 35 heavy (non-hydrogen) atoms. The van der Waals surface area contributed by atoms with Crippen molar-refractivity contribution in [2.24, 2.45) is 0 Å². The van der Waals surface area contributed by atoms with Crippen molar-refractivity contribution in [2.75, 3.05) is 0 Å². The Morgan fingerprint density at radius 1 is 1.09 bits per heavy atom. The molecule has 3 heterocycles. The second-order valence-corrected chi connectivity index (χ2v) is 10.7. The van der Waals surface area contributed by atoms with Gasteiger partial charge in [-0.3, -0.25) is 9.78 Å². The first kappa shape index (κ1) is 23.2. The summed E-state index contributed by atoms with van der Waals surface area (Å²) in [5, 5.41) is 5.70. The van der Waals surface area contributed by atoms with Crippen LogP contribution in [-0.2, 0) is 18.6 Å². The van der Waals surface area contributed by atoms with Crippen molar-refractivity contribution in [3.05, 3.63) is 88.5 Å². The minimum atomic E-state index is -0.238. The van der Waals surface area contributed by atoms with E-state index in [0.717, 1.165) is 46.4 Å². The van der Waals surface area contributed by atoms with Crippen LogP contribution in [0, 0.1) is 13.8 Å². The summed E-state index contributed by atoms with van der Waals surface area (Å²) in [5.74, 6) is 0.431. The van der Waals surface area contributed by atoms with Crippen LogP contribution in [0.3, 0.4) is 0 Å². The number of pyridine rings is 2. The third kappa shape index (κ3) is 4.70. The molecule has 180 valence electrons. The van der Waals surface area contributed by atoms with E-state index >= 15 is 0 Å². The van der Waals surface area contributed by atoms with Gasteiger partial charge in [-0.15, -0.1) is 0 Å². The maximum Gasteiger partial charge on any atom is 0.255 e. The zero-order valence-corrected chi connectivity index (χ0v) is 21.2. The number of rotatable bonds is 6. The van der Waals surface area contributed by atoms with E-state index in [9.17, 15) is 4.79 Å². The number of aromatic nitrogens is 4. The van der Waals surface area contributed by atoms with Crippen LogP contribution >= 0.6 is 0 Å². The van der Waals surface area contributed by atoms with Crippen LogP contribution in [0.15, 0.2) is 54.9 Å². The highest BCUT2D eigenvalue weighted by atomic mass is 16.2. The van der Waals surface area contributed by atoms with Gasteiger partial charge in [0.2, 0.25) is 0 Å². The fourth-order valence-corrected chi connectivity index (χ4v) is 4.61. The number of fused-ring (bicyclic) bond motifs is 1. The Morgan fingerprint density at radius 2 is 1.86 bits per heavy atom. The van der Waals surface area contributed by atoms with Gasteiger partial charge in [-0.25, -0.2) is 9.67 Å². The molecule has 5 rings (SSSR count). The van der Waals surface area contributed by atoms with Crippen LogP contribution in [0.4, 0.5) is 0 Å². The van der Waals surface area contributed by atoms with Gasteiger partial charge in [0.25, 0.3) is 5.91 Å². The molecule has 0 radical (unpaired) electrons. The second kappa shape index (κ2) is 8.91. The minimum absolute atomic E-state index is 0.00275. The van der Waals surface area contributed by atoms with Gasteiger partial charge in [-0.05, 0) is 76.3 Å². The highest BCUT2D eigenvalue weighted by Gasteiger charge is 2.31. The topological polar surface area (TPSA) is 63.9 Å². The Labute approximate surface area is 207 Å². The van der Waals surface area contributed by atoms with Gasteiger partial charge < -0.3 is 4.90 Å². The molecule has 1 fully saturated rings. The highest BCUT2D eigenvalue weighted by Crippen LogP contribution is 2.41. The minimum Gasteiger partial charge on any atom is -0.330 e. The first-order valence-corrected chi connectivity index (χ1v) is 12.4. The largest absolute Gasteiger partial charge is 0.330 e. The molecular formula is C29H33N5O. The maximum absolute atomic E-state index is 14.3. The van der Waals surface area contributed by atoms with E-state index in [-0.39, 0.29) is 11.4 Å². The fourth-order valence-electron chi connectivity index (χ4n) is 4.61. The molecule has 1 aliphatic carbocycles. The highest BCUT2D eigenvalue weighted by molar-refractivity contribution is 6.06. The number of amides is 1. The maximum atomic E-state index is 14.3. The molecular weight excluding hydrogens is 434 g/mol. The molecule has 1 amide bonds. The molecule has 6 heteroatoms. The monoisotopic (exact) mass is 467 g/mol. The Kier molecular flexibility index (Phi) is 5.91. The molecule has 1 saturated carbocycles. The summed E-state index contributed by atoms with van der Waals surface area (Å²) >= 11 is 0. The van der Waals surface area contributed by atoms with Crippen molar-refractivity contribution in [3.8, 4) is 0 Å². The van der Waals surface area contributed by atoms with Gasteiger partial charge in [0.1, 0.15) is 0 Å². The second-order valence-electron chi connectivity index (χ2n) is 10.7. The summed E-state index contributed by atoms with van der Waals surface area (Å²) in [6, 6.07) is 14.2. The lowest BCUT2D eigenvalue weighted by Gasteiger charge is -2.25. The molecule has 3 aromatic heterocycles. The van der Waals surface area contributed by atoms with Crippen molar-refractivity contribution in [1.29, 1.82) is 0 Å². The Morgan fingerprint density at radius 3 is 2.51 bits per heavy atom. The van der Waals surface area contributed by atoms with E-state index in [0.29, 0.717) is 24.6 Å². The number of carbonyl (C=O) groups excluding carboxylic acids is 1. The van der Waals surface area contributed by atoms with Crippen LogP contribution in [0.2, 0.25) is 0 Å². The summed E-state index contributed by atoms with van der Waals surface area (Å²) in [7, 11) is 0. The molecule has 0 N–H and O–H groups in total. The summed E-state index contributed by atoms with van der Waals surface area (Å²) in [6.07, 6.45) is 5.84. The van der Waals surface area contributed by atoms with Crippen LogP contribution < -0.4 is 0 Å². The van der Waals surface area contributed by atoms with Crippen molar-refractivity contribution >= 4 is 16.9 Å². The van der Waals surface area contributed by atoms with E-state index < -0.39 is 0 Å². The van der Waals surface area contributed by atoms with Crippen LogP contribution in [0.25, 0.3) is 11.0 Å². The van der Waals surface area contributed by atoms with Gasteiger partial charge in [0.15, 0.2) is 5.65 Å². The molecule has 0 aliphatic heterocycles. The molecule has 1 aliphatic rings. The smallest absolute Gasteiger partial charge is 0.255 e. The van der Waals surface area contributed by atoms with Gasteiger partial charge in [0.05, 0.1) is 22.2 Å². The van der Waals surface area contributed by atoms with E-state index in [1.807, 2.05) is 53.0 Å². The third-order valence-corrected chi connectivity index (χ3v) is 6.70. The number of hydrogen-bond donors (Lipinski definition) is 0. The SMILES string of the molecule is Cc1ccccc1CN(Cc1cccnc1)C(=O)c1cc(C2CC2)nc2c1c(C)nn2C(C)(C)C. The van der Waals surface area contributed by atoms with Crippen LogP contribution in [0.5, 0.6) is 0 Å². The number of benzene rings is 1. The van der Waals surface area contributed by atoms with Gasteiger partial charge in [-0.1, -0.05) is 30.3 Å².